The van der Waals surface area contributed by atoms with Crippen LogP contribution >= 0.6 is 11.3 Å². The number of hydrogen-bond donors (Lipinski definition) is 1. The van der Waals surface area contributed by atoms with Crippen molar-refractivity contribution in [3.05, 3.63) is 81.5 Å². The number of carbonyl (C=O) groups excluding carboxylic acids is 1. The molecule has 0 atom stereocenters. The fourth-order valence-corrected chi connectivity index (χ4v) is 4.83. The van der Waals surface area contributed by atoms with Gasteiger partial charge in [-0.05, 0) is 66.8 Å². The summed E-state index contributed by atoms with van der Waals surface area (Å²) < 4.78 is 27.8. The molecule has 0 saturated carbocycles. The number of para-hydroxylation sites is 1. The van der Waals surface area contributed by atoms with Gasteiger partial charge in [-0.15, -0.1) is 11.3 Å². The van der Waals surface area contributed by atoms with Crippen LogP contribution in [0.2, 0.25) is 0 Å². The van der Waals surface area contributed by atoms with Crippen LogP contribution in [0.3, 0.4) is 0 Å². The number of nitrogens with zero attached hydrogens (tertiary/aromatic N) is 1. The molecule has 28 heavy (non-hydrogen) atoms. The lowest BCUT2D eigenvalue weighted by atomic mass is 10.2. The number of sulfonamides is 1. The molecular weight excluding hydrogens is 392 g/mol. The number of nitrogens with one attached hydrogen (secondary N) is 1. The first-order valence-electron chi connectivity index (χ1n) is 8.75. The van der Waals surface area contributed by atoms with E-state index in [1.165, 1.54) is 12.1 Å². The first-order valence-corrected chi connectivity index (χ1v) is 11.1. The summed E-state index contributed by atoms with van der Waals surface area (Å²) in [4.78, 5) is 15.5. The third kappa shape index (κ3) is 4.43. The number of hydrogen-bond acceptors (Lipinski definition) is 4. The van der Waals surface area contributed by atoms with E-state index >= 15 is 0 Å². The van der Waals surface area contributed by atoms with Gasteiger partial charge in [0.05, 0.1) is 17.1 Å². The molecule has 1 amide bonds. The van der Waals surface area contributed by atoms with Crippen molar-refractivity contribution in [1.29, 1.82) is 0 Å². The number of benzene rings is 2. The van der Waals surface area contributed by atoms with E-state index in [4.69, 9.17) is 0 Å². The number of carbonyl (C=O) groups is 1. The van der Waals surface area contributed by atoms with Crippen molar-refractivity contribution in [2.75, 3.05) is 11.8 Å². The van der Waals surface area contributed by atoms with Crippen LogP contribution in [0.25, 0.3) is 0 Å². The third-order valence-electron chi connectivity index (χ3n) is 4.50. The molecule has 0 aliphatic heterocycles. The maximum absolute atomic E-state index is 12.6. The summed E-state index contributed by atoms with van der Waals surface area (Å²) in [6, 6.07) is 15.2. The van der Waals surface area contributed by atoms with Gasteiger partial charge in [0.15, 0.2) is 0 Å². The van der Waals surface area contributed by atoms with Gasteiger partial charge in [0.1, 0.15) is 0 Å². The van der Waals surface area contributed by atoms with Crippen molar-refractivity contribution in [2.24, 2.45) is 0 Å². The highest BCUT2D eigenvalue weighted by atomic mass is 32.2. The van der Waals surface area contributed by atoms with Gasteiger partial charge in [-0.2, -0.15) is 0 Å². The van der Waals surface area contributed by atoms with Gasteiger partial charge in [0.2, 0.25) is 0 Å². The van der Waals surface area contributed by atoms with E-state index in [9.17, 15) is 13.2 Å². The minimum atomic E-state index is -3.72. The molecule has 0 spiro atoms. The van der Waals surface area contributed by atoms with E-state index in [1.54, 1.807) is 47.5 Å². The normalized spacial score (nSPS) is 11.2. The number of rotatable bonds is 6. The van der Waals surface area contributed by atoms with Crippen molar-refractivity contribution >= 4 is 33.0 Å². The van der Waals surface area contributed by atoms with Crippen molar-refractivity contribution in [1.82, 2.24) is 4.90 Å². The third-order valence-corrected chi connectivity index (χ3v) is 6.89. The molecule has 7 heteroatoms. The van der Waals surface area contributed by atoms with Crippen LogP contribution in [-0.4, -0.2) is 26.3 Å². The Morgan fingerprint density at radius 2 is 1.68 bits per heavy atom. The molecular formula is C21H22N2O3S2. The van der Waals surface area contributed by atoms with Crippen LogP contribution in [0.5, 0.6) is 0 Å². The molecule has 0 saturated heterocycles. The van der Waals surface area contributed by atoms with E-state index < -0.39 is 10.0 Å². The monoisotopic (exact) mass is 414 g/mol. The molecule has 2 aromatic carbocycles. The predicted molar refractivity (Wildman–Crippen MR) is 113 cm³/mol. The van der Waals surface area contributed by atoms with Gasteiger partial charge in [-0.1, -0.05) is 18.2 Å². The van der Waals surface area contributed by atoms with Crippen molar-refractivity contribution in [3.8, 4) is 0 Å². The lowest BCUT2D eigenvalue weighted by Gasteiger charge is -2.17. The van der Waals surface area contributed by atoms with Crippen molar-refractivity contribution in [3.63, 3.8) is 0 Å². The summed E-state index contributed by atoms with van der Waals surface area (Å²) in [6.07, 6.45) is 0. The maximum atomic E-state index is 12.6. The lowest BCUT2D eigenvalue weighted by Crippen LogP contribution is -2.26. The predicted octanol–water partition coefficient (Wildman–Crippen LogP) is 4.44. The van der Waals surface area contributed by atoms with E-state index in [0.717, 1.165) is 16.0 Å². The molecule has 146 valence electrons. The first kappa shape index (κ1) is 20.1. The van der Waals surface area contributed by atoms with E-state index in [1.807, 2.05) is 37.4 Å². The Labute approximate surface area is 169 Å². The molecule has 5 nitrogen and oxygen atoms in total. The Morgan fingerprint density at radius 1 is 1.00 bits per heavy atom. The molecule has 0 aliphatic carbocycles. The molecule has 3 rings (SSSR count). The molecule has 1 N–H and O–H groups in total. The van der Waals surface area contributed by atoms with Crippen molar-refractivity contribution in [2.45, 2.75) is 25.3 Å². The molecule has 0 aliphatic rings. The Kier molecular flexibility index (Phi) is 5.86. The Bertz CT molecular complexity index is 1090. The zero-order valence-corrected chi connectivity index (χ0v) is 17.6. The zero-order chi connectivity index (χ0) is 20.3. The van der Waals surface area contributed by atoms with Crippen molar-refractivity contribution < 1.29 is 13.2 Å². The molecule has 0 fully saturated rings. The van der Waals surface area contributed by atoms with Crippen LogP contribution in [0.1, 0.15) is 26.4 Å². The Morgan fingerprint density at radius 3 is 2.29 bits per heavy atom. The largest absolute Gasteiger partial charge is 0.337 e. The van der Waals surface area contributed by atoms with Gasteiger partial charge in [0.25, 0.3) is 15.9 Å². The van der Waals surface area contributed by atoms with Crippen LogP contribution in [-0.2, 0) is 16.6 Å². The number of aryl methyl sites for hydroxylation is 2. The second kappa shape index (κ2) is 8.16. The Balaban J connectivity index is 1.74. The standard InChI is InChI=1S/C21H22N2O3S2/c1-15-6-4-5-7-19(15)22-28(25,26)18-10-8-17(9-11-18)21(24)23(3)14-20-16(2)12-13-27-20/h4-13,22H,14H2,1-3H3. The average Bonchev–Trinajstić information content (AvgIpc) is 3.07. The fraction of sp³-hybridized carbons (Fsp3) is 0.190. The number of amides is 1. The van der Waals surface area contributed by atoms with E-state index in [0.29, 0.717) is 17.8 Å². The summed E-state index contributed by atoms with van der Waals surface area (Å²) in [5.74, 6) is -0.149. The van der Waals surface area contributed by atoms with Gasteiger partial charge in [-0.25, -0.2) is 8.42 Å². The van der Waals surface area contributed by atoms with Gasteiger partial charge in [-0.3, -0.25) is 9.52 Å². The highest BCUT2D eigenvalue weighted by molar-refractivity contribution is 7.92. The minimum Gasteiger partial charge on any atom is -0.337 e. The second-order valence-electron chi connectivity index (χ2n) is 6.63. The molecule has 0 unspecified atom stereocenters. The minimum absolute atomic E-state index is 0.115. The SMILES string of the molecule is Cc1ccccc1NS(=O)(=O)c1ccc(C(=O)N(C)Cc2sccc2C)cc1. The van der Waals surface area contributed by atoms with E-state index in [2.05, 4.69) is 4.72 Å². The van der Waals surface area contributed by atoms with Crippen LogP contribution in [0.15, 0.2) is 64.9 Å². The molecule has 3 aromatic rings. The number of thiophene rings is 1. The molecule has 1 aromatic heterocycles. The first-order chi connectivity index (χ1) is 13.3. The van der Waals surface area contributed by atoms with E-state index in [-0.39, 0.29) is 10.8 Å². The second-order valence-corrected chi connectivity index (χ2v) is 9.32. The average molecular weight is 415 g/mol. The quantitative estimate of drug-likeness (QED) is 0.648. The summed E-state index contributed by atoms with van der Waals surface area (Å²) >= 11 is 1.62. The highest BCUT2D eigenvalue weighted by Gasteiger charge is 2.18. The molecule has 0 bridgehead atoms. The van der Waals surface area contributed by atoms with Crippen LogP contribution in [0, 0.1) is 13.8 Å². The smallest absolute Gasteiger partial charge is 0.261 e. The lowest BCUT2D eigenvalue weighted by molar-refractivity contribution is 0.0786. The summed E-state index contributed by atoms with van der Waals surface area (Å²) in [5, 5.41) is 2.00. The van der Waals surface area contributed by atoms with Gasteiger partial charge < -0.3 is 4.90 Å². The van der Waals surface area contributed by atoms with Gasteiger partial charge in [0, 0.05) is 17.5 Å². The summed E-state index contributed by atoms with van der Waals surface area (Å²) in [5.41, 5.74) is 2.98. The topological polar surface area (TPSA) is 66.5 Å². The molecule has 0 radical (unpaired) electrons. The summed E-state index contributed by atoms with van der Waals surface area (Å²) in [7, 11) is -1.98. The maximum Gasteiger partial charge on any atom is 0.261 e. The van der Waals surface area contributed by atoms with Crippen LogP contribution in [0.4, 0.5) is 5.69 Å². The molecule has 1 heterocycles. The number of anilines is 1. The van der Waals surface area contributed by atoms with Gasteiger partial charge >= 0.3 is 0 Å². The van der Waals surface area contributed by atoms with Crippen LogP contribution < -0.4 is 4.72 Å². The zero-order valence-electron chi connectivity index (χ0n) is 16.0. The fourth-order valence-electron chi connectivity index (χ4n) is 2.74. The highest BCUT2D eigenvalue weighted by Crippen LogP contribution is 2.21. The summed E-state index contributed by atoms with van der Waals surface area (Å²) in [6.45, 7) is 4.38. The Hall–Kier alpha value is -2.64.